The summed E-state index contributed by atoms with van der Waals surface area (Å²) in [5.74, 6) is 1.43. The van der Waals surface area contributed by atoms with Crippen LogP contribution in [0, 0.1) is 32.5 Å². The van der Waals surface area contributed by atoms with Crippen LogP contribution < -0.4 is 4.74 Å². The molecule has 3 rings (SSSR count). The lowest BCUT2D eigenvalue weighted by Crippen LogP contribution is -2.04. The van der Waals surface area contributed by atoms with Crippen LogP contribution in [0.25, 0.3) is 0 Å². The van der Waals surface area contributed by atoms with Gasteiger partial charge in [0, 0.05) is 0 Å². The molecule has 0 aliphatic carbocycles. The average Bonchev–Trinajstić information content (AvgIpc) is 2.93. The molecule has 0 unspecified atom stereocenters. The van der Waals surface area contributed by atoms with E-state index in [1.807, 2.05) is 26.0 Å². The Hall–Kier alpha value is -2.73. The maximum Gasteiger partial charge on any atom is 0.216 e. The smallest absolute Gasteiger partial charge is 0.216 e. The largest absolute Gasteiger partial charge is 0.486 e. The summed E-state index contributed by atoms with van der Waals surface area (Å²) in [6, 6.07) is 12.4. The minimum absolute atomic E-state index is 0.278. The number of H-pyrrole nitrogens is 1. The van der Waals surface area contributed by atoms with Crippen LogP contribution in [0.3, 0.4) is 0 Å². The molecule has 0 saturated carbocycles. The first kappa shape index (κ1) is 18.1. The Morgan fingerprint density at radius 2 is 1.81 bits per heavy atom. The van der Waals surface area contributed by atoms with Gasteiger partial charge in [-0.1, -0.05) is 29.8 Å². The van der Waals surface area contributed by atoms with Crippen LogP contribution in [0.4, 0.5) is 0 Å². The Morgan fingerprint density at radius 1 is 1.08 bits per heavy atom. The van der Waals surface area contributed by atoms with Crippen LogP contribution in [-0.4, -0.2) is 21.1 Å². The highest BCUT2D eigenvalue weighted by atomic mass is 32.1. The highest BCUT2D eigenvalue weighted by Crippen LogP contribution is 2.17. The monoisotopic (exact) mass is 366 g/mol. The van der Waals surface area contributed by atoms with Crippen LogP contribution >= 0.6 is 12.2 Å². The Bertz CT molecular complexity index is 997. The maximum atomic E-state index is 5.88. The average molecular weight is 366 g/mol. The van der Waals surface area contributed by atoms with Crippen molar-refractivity contribution in [3.8, 4) is 5.75 Å². The summed E-state index contributed by atoms with van der Waals surface area (Å²) >= 11 is 5.29. The molecule has 0 saturated heterocycles. The second-order valence-electron chi connectivity index (χ2n) is 6.47. The summed E-state index contributed by atoms with van der Waals surface area (Å²) in [7, 11) is 0. The van der Waals surface area contributed by atoms with E-state index in [2.05, 4.69) is 53.4 Å². The molecular formula is C20H22N4OS. The molecule has 0 amide bonds. The van der Waals surface area contributed by atoms with Crippen molar-refractivity contribution >= 4 is 18.4 Å². The van der Waals surface area contributed by atoms with Crippen LogP contribution in [0.5, 0.6) is 5.75 Å². The first-order chi connectivity index (χ1) is 12.4. The molecule has 5 nitrogen and oxygen atoms in total. The second-order valence-corrected chi connectivity index (χ2v) is 6.86. The number of nitrogens with zero attached hydrogens (tertiary/aromatic N) is 3. The van der Waals surface area contributed by atoms with Crippen molar-refractivity contribution in [2.75, 3.05) is 0 Å². The van der Waals surface area contributed by atoms with E-state index in [9.17, 15) is 0 Å². The van der Waals surface area contributed by atoms with Gasteiger partial charge in [-0.25, -0.2) is 5.10 Å². The fourth-order valence-corrected chi connectivity index (χ4v) is 2.92. The summed E-state index contributed by atoms with van der Waals surface area (Å²) in [6.07, 6.45) is 1.80. The number of nitrogens with one attached hydrogen (secondary N) is 1. The van der Waals surface area contributed by atoms with Gasteiger partial charge in [0.1, 0.15) is 12.4 Å². The molecule has 134 valence electrons. The quantitative estimate of drug-likeness (QED) is 0.529. The van der Waals surface area contributed by atoms with Gasteiger partial charge in [-0.15, -0.1) is 0 Å². The molecule has 1 heterocycles. The van der Waals surface area contributed by atoms with Crippen molar-refractivity contribution in [3.63, 3.8) is 0 Å². The second kappa shape index (κ2) is 7.66. The number of hydrogen-bond acceptors (Lipinski definition) is 4. The molecule has 0 aliphatic heterocycles. The van der Waals surface area contributed by atoms with Crippen molar-refractivity contribution in [1.82, 2.24) is 14.9 Å². The SMILES string of the molecule is Cc1cc(C)cc(OCc2n[nH]c(=S)n2/N=C\c2cc(C)ccc2C)c1. The first-order valence-electron chi connectivity index (χ1n) is 8.41. The van der Waals surface area contributed by atoms with Gasteiger partial charge in [-0.2, -0.15) is 14.9 Å². The number of hydrogen-bond donors (Lipinski definition) is 1. The topological polar surface area (TPSA) is 55.2 Å². The Labute approximate surface area is 158 Å². The van der Waals surface area contributed by atoms with Gasteiger partial charge in [0.2, 0.25) is 4.77 Å². The normalized spacial score (nSPS) is 11.2. The molecule has 0 spiro atoms. The van der Waals surface area contributed by atoms with Crippen LogP contribution in [0.2, 0.25) is 0 Å². The molecule has 0 radical (unpaired) electrons. The van der Waals surface area contributed by atoms with E-state index in [0.717, 1.165) is 28.0 Å². The number of aromatic nitrogens is 3. The van der Waals surface area contributed by atoms with Crippen molar-refractivity contribution < 1.29 is 4.74 Å². The van der Waals surface area contributed by atoms with Crippen LogP contribution in [0.1, 0.15) is 33.6 Å². The third kappa shape index (κ3) is 4.26. The minimum Gasteiger partial charge on any atom is -0.486 e. The summed E-state index contributed by atoms with van der Waals surface area (Å²) in [5.41, 5.74) is 5.71. The molecule has 0 fully saturated rings. The molecule has 0 atom stereocenters. The minimum atomic E-state index is 0.278. The van der Waals surface area contributed by atoms with Crippen LogP contribution in [0.15, 0.2) is 41.5 Å². The molecule has 1 aromatic heterocycles. The van der Waals surface area contributed by atoms with Gasteiger partial charge < -0.3 is 4.74 Å². The zero-order valence-electron chi connectivity index (χ0n) is 15.4. The van der Waals surface area contributed by atoms with Gasteiger partial charge in [0.05, 0.1) is 6.21 Å². The van der Waals surface area contributed by atoms with Crippen molar-refractivity contribution in [3.05, 3.63) is 74.8 Å². The highest BCUT2D eigenvalue weighted by molar-refractivity contribution is 7.71. The van der Waals surface area contributed by atoms with Gasteiger partial charge >= 0.3 is 0 Å². The number of benzene rings is 2. The zero-order valence-corrected chi connectivity index (χ0v) is 16.2. The molecule has 1 N–H and O–H groups in total. The summed E-state index contributed by atoms with van der Waals surface area (Å²) < 4.78 is 7.91. The third-order valence-electron chi connectivity index (χ3n) is 4.03. The fraction of sp³-hybridized carbons (Fsp3) is 0.250. The van der Waals surface area contributed by atoms with Crippen molar-refractivity contribution in [2.24, 2.45) is 5.10 Å². The summed E-state index contributed by atoms with van der Waals surface area (Å²) in [5, 5.41) is 11.5. The molecular weight excluding hydrogens is 344 g/mol. The summed E-state index contributed by atoms with van der Waals surface area (Å²) in [6.45, 7) is 8.48. The lowest BCUT2D eigenvalue weighted by Gasteiger charge is -2.08. The van der Waals surface area contributed by atoms with Crippen molar-refractivity contribution in [1.29, 1.82) is 0 Å². The van der Waals surface area contributed by atoms with E-state index >= 15 is 0 Å². The summed E-state index contributed by atoms with van der Waals surface area (Å²) in [4.78, 5) is 0. The number of ether oxygens (including phenoxy) is 1. The van der Waals surface area contributed by atoms with Crippen molar-refractivity contribution in [2.45, 2.75) is 34.3 Å². The maximum absolute atomic E-state index is 5.88. The lowest BCUT2D eigenvalue weighted by molar-refractivity contribution is 0.290. The lowest BCUT2D eigenvalue weighted by atomic mass is 10.1. The van der Waals surface area contributed by atoms with E-state index in [-0.39, 0.29) is 6.61 Å². The van der Waals surface area contributed by atoms with E-state index in [0.29, 0.717) is 10.6 Å². The van der Waals surface area contributed by atoms with Gasteiger partial charge in [-0.3, -0.25) is 0 Å². The molecule has 6 heteroatoms. The molecule has 0 aliphatic rings. The Kier molecular flexibility index (Phi) is 5.32. The predicted octanol–water partition coefficient (Wildman–Crippen LogP) is 4.64. The molecule has 3 aromatic rings. The number of aromatic amines is 1. The van der Waals surface area contributed by atoms with Gasteiger partial charge in [-0.05, 0) is 74.3 Å². The Morgan fingerprint density at radius 3 is 2.54 bits per heavy atom. The van der Waals surface area contributed by atoms with Crippen LogP contribution in [-0.2, 0) is 6.61 Å². The van der Waals surface area contributed by atoms with E-state index < -0.39 is 0 Å². The van der Waals surface area contributed by atoms with E-state index in [1.54, 1.807) is 10.9 Å². The van der Waals surface area contributed by atoms with E-state index in [4.69, 9.17) is 17.0 Å². The third-order valence-corrected chi connectivity index (χ3v) is 4.29. The first-order valence-corrected chi connectivity index (χ1v) is 8.82. The molecule has 0 bridgehead atoms. The number of rotatable bonds is 5. The predicted molar refractivity (Wildman–Crippen MR) is 107 cm³/mol. The van der Waals surface area contributed by atoms with Gasteiger partial charge in [0.25, 0.3) is 0 Å². The molecule has 2 aromatic carbocycles. The van der Waals surface area contributed by atoms with Gasteiger partial charge in [0.15, 0.2) is 5.82 Å². The van der Waals surface area contributed by atoms with E-state index in [1.165, 1.54) is 5.56 Å². The standard InChI is InChI=1S/C20H22N4OS/c1-13-5-6-16(4)17(8-13)11-21-24-19(22-23-20(24)26)12-25-18-9-14(2)7-15(3)10-18/h5-11H,12H2,1-4H3,(H,23,26)/b21-11-. The Balaban J connectivity index is 1.81. The highest BCUT2D eigenvalue weighted by Gasteiger charge is 2.07. The number of aryl methyl sites for hydroxylation is 4. The zero-order chi connectivity index (χ0) is 18.7. The fourth-order valence-electron chi connectivity index (χ4n) is 2.72. The molecule has 26 heavy (non-hydrogen) atoms.